The molecule has 0 fully saturated rings. The Balaban J connectivity index is 2.36. The number of nitrogens with one attached hydrogen (secondary N) is 2. The number of hydrogen-bond acceptors (Lipinski definition) is 4. The molecular formula is C21H29N3O3S. The molecule has 0 radical (unpaired) electrons. The first-order valence-corrected chi connectivity index (χ1v) is 10.0. The molecule has 0 aromatic heterocycles. The highest BCUT2D eigenvalue weighted by Gasteiger charge is 2.34. The van der Waals surface area contributed by atoms with E-state index in [9.17, 15) is 9.59 Å². The van der Waals surface area contributed by atoms with Crippen LogP contribution in [0.1, 0.15) is 52.6 Å². The monoisotopic (exact) mass is 403 g/mol. The quantitative estimate of drug-likeness (QED) is 0.534. The van der Waals surface area contributed by atoms with Gasteiger partial charge in [-0.05, 0) is 49.7 Å². The minimum Gasteiger partial charge on any atom is -0.462 e. The van der Waals surface area contributed by atoms with Gasteiger partial charge in [-0.2, -0.15) is 0 Å². The van der Waals surface area contributed by atoms with E-state index in [1.165, 1.54) is 0 Å². The Morgan fingerprint density at radius 1 is 1.25 bits per heavy atom. The number of ether oxygens (including phenoxy) is 1. The van der Waals surface area contributed by atoms with Crippen LogP contribution in [0.2, 0.25) is 0 Å². The van der Waals surface area contributed by atoms with Gasteiger partial charge < -0.3 is 20.3 Å². The Morgan fingerprint density at radius 3 is 2.43 bits per heavy atom. The summed E-state index contributed by atoms with van der Waals surface area (Å²) in [6.07, 6.45) is 0.417. The number of esters is 1. The summed E-state index contributed by atoms with van der Waals surface area (Å²) >= 11 is 5.50. The summed E-state index contributed by atoms with van der Waals surface area (Å²) in [6.45, 7) is 10.7. The van der Waals surface area contributed by atoms with Gasteiger partial charge in [0.05, 0.1) is 18.2 Å². The smallest absolute Gasteiger partial charge is 0.338 e. The molecule has 0 spiro atoms. The topological polar surface area (TPSA) is 70.7 Å². The molecule has 1 amide bonds. The third-order valence-electron chi connectivity index (χ3n) is 4.53. The molecule has 6 nitrogen and oxygen atoms in total. The van der Waals surface area contributed by atoms with Crippen LogP contribution >= 0.6 is 12.2 Å². The Hall–Kier alpha value is -2.41. The molecule has 0 unspecified atom stereocenters. The lowest BCUT2D eigenvalue weighted by atomic mass is 9.94. The van der Waals surface area contributed by atoms with Crippen LogP contribution in [0.3, 0.4) is 0 Å². The number of amides is 1. The zero-order chi connectivity index (χ0) is 20.8. The minimum atomic E-state index is -0.397. The molecule has 0 saturated carbocycles. The van der Waals surface area contributed by atoms with Crippen molar-refractivity contribution in [3.8, 4) is 0 Å². The fraction of sp³-hybridized carbons (Fsp3) is 0.476. The number of anilines is 1. The van der Waals surface area contributed by atoms with Gasteiger partial charge in [-0.15, -0.1) is 0 Å². The Labute approximate surface area is 172 Å². The van der Waals surface area contributed by atoms with Gasteiger partial charge in [0.2, 0.25) is 5.91 Å². The maximum atomic E-state index is 12.9. The summed E-state index contributed by atoms with van der Waals surface area (Å²) in [7, 11) is 0. The van der Waals surface area contributed by atoms with Crippen molar-refractivity contribution in [3.05, 3.63) is 41.1 Å². The van der Waals surface area contributed by atoms with Crippen molar-refractivity contribution in [1.82, 2.24) is 10.2 Å². The SMILES string of the molecule is CCC(=O)Nc1ccc([C@@H]2NC(=S)N(CC)C(C)=C2C(=O)OCC(C)C)cc1. The highest BCUT2D eigenvalue weighted by molar-refractivity contribution is 7.80. The number of carbonyl (C=O) groups is 2. The largest absolute Gasteiger partial charge is 0.462 e. The first kappa shape index (κ1) is 21.9. The maximum Gasteiger partial charge on any atom is 0.338 e. The van der Waals surface area contributed by atoms with Crippen LogP contribution in [0.25, 0.3) is 0 Å². The Kier molecular flexibility index (Phi) is 7.57. The highest BCUT2D eigenvalue weighted by Crippen LogP contribution is 2.32. The molecule has 0 bridgehead atoms. The zero-order valence-electron chi connectivity index (χ0n) is 17.2. The Morgan fingerprint density at radius 2 is 1.89 bits per heavy atom. The third-order valence-corrected chi connectivity index (χ3v) is 4.87. The second-order valence-corrected chi connectivity index (χ2v) is 7.53. The first-order valence-electron chi connectivity index (χ1n) is 9.64. The van der Waals surface area contributed by atoms with E-state index in [0.29, 0.717) is 35.9 Å². The standard InChI is InChI=1S/C21H29N3O3S/c1-6-17(25)22-16-10-8-15(9-11-16)19-18(20(26)27-12-13(3)4)14(5)24(7-2)21(28)23-19/h8-11,13,19H,6-7,12H2,1-5H3,(H,22,25)(H,23,28)/t19-/m0/s1. The number of allylic oxidation sites excluding steroid dienone is 1. The van der Waals surface area contributed by atoms with E-state index < -0.39 is 6.04 Å². The molecule has 1 aromatic carbocycles. The van der Waals surface area contributed by atoms with E-state index in [0.717, 1.165) is 11.3 Å². The summed E-state index contributed by atoms with van der Waals surface area (Å²) in [6, 6.07) is 7.02. The summed E-state index contributed by atoms with van der Waals surface area (Å²) in [5.74, 6) is -0.130. The van der Waals surface area contributed by atoms with Gasteiger partial charge in [0.25, 0.3) is 0 Å². The van der Waals surface area contributed by atoms with E-state index in [2.05, 4.69) is 10.6 Å². The predicted molar refractivity (Wildman–Crippen MR) is 115 cm³/mol. The van der Waals surface area contributed by atoms with Crippen LogP contribution in [0.15, 0.2) is 35.5 Å². The average Bonchev–Trinajstić information content (AvgIpc) is 2.66. The number of hydrogen-bond donors (Lipinski definition) is 2. The molecule has 7 heteroatoms. The van der Waals surface area contributed by atoms with Gasteiger partial charge in [-0.25, -0.2) is 4.79 Å². The number of carbonyl (C=O) groups excluding carboxylic acids is 2. The second kappa shape index (κ2) is 9.68. The lowest BCUT2D eigenvalue weighted by Crippen LogP contribution is -2.47. The van der Waals surface area contributed by atoms with Crippen LogP contribution in [0.4, 0.5) is 5.69 Å². The van der Waals surface area contributed by atoms with Gasteiger partial charge in [0, 0.05) is 24.4 Å². The van der Waals surface area contributed by atoms with Gasteiger partial charge in [-0.1, -0.05) is 32.9 Å². The van der Waals surface area contributed by atoms with Gasteiger partial charge >= 0.3 is 5.97 Å². The van der Waals surface area contributed by atoms with Crippen LogP contribution in [-0.2, 0) is 14.3 Å². The normalized spacial score (nSPS) is 16.9. The Bertz CT molecular complexity index is 772. The summed E-state index contributed by atoms with van der Waals surface area (Å²) in [5.41, 5.74) is 2.95. The summed E-state index contributed by atoms with van der Waals surface area (Å²) < 4.78 is 5.52. The van der Waals surface area contributed by atoms with Crippen molar-refractivity contribution in [2.45, 2.75) is 47.1 Å². The number of nitrogens with zero attached hydrogens (tertiary/aromatic N) is 1. The highest BCUT2D eigenvalue weighted by atomic mass is 32.1. The van der Waals surface area contributed by atoms with Crippen molar-refractivity contribution in [3.63, 3.8) is 0 Å². The molecule has 2 rings (SSSR count). The molecule has 2 N–H and O–H groups in total. The third kappa shape index (κ3) is 5.10. The molecule has 1 aromatic rings. The molecule has 1 heterocycles. The second-order valence-electron chi connectivity index (χ2n) is 7.14. The fourth-order valence-corrected chi connectivity index (χ4v) is 3.39. The first-order chi connectivity index (χ1) is 13.3. The van der Waals surface area contributed by atoms with Crippen LogP contribution < -0.4 is 10.6 Å². The molecule has 1 aliphatic rings. The van der Waals surface area contributed by atoms with E-state index in [1.807, 2.05) is 56.9 Å². The van der Waals surface area contributed by atoms with Crippen molar-refractivity contribution >= 4 is 34.9 Å². The van der Waals surface area contributed by atoms with Gasteiger partial charge in [0.1, 0.15) is 0 Å². The lowest BCUT2D eigenvalue weighted by molar-refractivity contribution is -0.140. The minimum absolute atomic E-state index is 0.0444. The summed E-state index contributed by atoms with van der Waals surface area (Å²) in [5, 5.41) is 6.67. The maximum absolute atomic E-state index is 12.9. The van der Waals surface area contributed by atoms with Crippen LogP contribution in [0.5, 0.6) is 0 Å². The number of rotatable bonds is 7. The molecule has 28 heavy (non-hydrogen) atoms. The van der Waals surface area contributed by atoms with Gasteiger partial charge in [0.15, 0.2) is 5.11 Å². The molecule has 1 aliphatic heterocycles. The van der Waals surface area contributed by atoms with Crippen molar-refractivity contribution < 1.29 is 14.3 Å². The molecule has 0 saturated heterocycles. The fourth-order valence-electron chi connectivity index (χ4n) is 3.00. The van der Waals surface area contributed by atoms with E-state index >= 15 is 0 Å². The van der Waals surface area contributed by atoms with Crippen molar-refractivity contribution in [2.24, 2.45) is 5.92 Å². The zero-order valence-corrected chi connectivity index (χ0v) is 18.0. The van der Waals surface area contributed by atoms with Crippen LogP contribution in [0, 0.1) is 5.92 Å². The summed E-state index contributed by atoms with van der Waals surface area (Å²) in [4.78, 5) is 26.3. The molecular weight excluding hydrogens is 374 g/mol. The molecule has 152 valence electrons. The van der Waals surface area contributed by atoms with Crippen molar-refractivity contribution in [1.29, 1.82) is 0 Å². The van der Waals surface area contributed by atoms with E-state index in [4.69, 9.17) is 17.0 Å². The van der Waals surface area contributed by atoms with Gasteiger partial charge in [-0.3, -0.25) is 4.79 Å². The lowest BCUT2D eigenvalue weighted by Gasteiger charge is -2.37. The number of thiocarbonyl (C=S) groups is 1. The molecule has 1 atom stereocenters. The van der Waals surface area contributed by atoms with Crippen LogP contribution in [-0.4, -0.2) is 35.0 Å². The predicted octanol–water partition coefficient (Wildman–Crippen LogP) is 3.76. The number of benzene rings is 1. The van der Waals surface area contributed by atoms with E-state index in [1.54, 1.807) is 6.92 Å². The van der Waals surface area contributed by atoms with E-state index in [-0.39, 0.29) is 17.8 Å². The van der Waals surface area contributed by atoms with Crippen molar-refractivity contribution in [2.75, 3.05) is 18.5 Å². The molecule has 0 aliphatic carbocycles. The average molecular weight is 404 g/mol.